The molecule has 0 aromatic rings. The predicted octanol–water partition coefficient (Wildman–Crippen LogP) is 4.10. The Morgan fingerprint density at radius 1 is 0.818 bits per heavy atom. The number of ketones is 2. The molecular formula is C18H28O4. The van der Waals surface area contributed by atoms with Gasteiger partial charge in [0.2, 0.25) is 23.1 Å². The van der Waals surface area contributed by atoms with Crippen LogP contribution in [0.5, 0.6) is 0 Å². The molecule has 124 valence electrons. The van der Waals surface area contributed by atoms with E-state index >= 15 is 0 Å². The van der Waals surface area contributed by atoms with Crippen LogP contribution in [0.1, 0.15) is 64.7 Å². The maximum absolute atomic E-state index is 12.2. The highest BCUT2D eigenvalue weighted by molar-refractivity contribution is 6.20. The van der Waals surface area contributed by atoms with E-state index in [4.69, 9.17) is 9.47 Å². The van der Waals surface area contributed by atoms with Crippen LogP contribution >= 0.6 is 0 Å². The molecule has 0 amide bonds. The number of unbranched alkanes of at least 4 members (excludes halogenated alkanes) is 7. The molecule has 0 bridgehead atoms. The Bertz CT molecular complexity index is 446. The molecule has 0 atom stereocenters. The van der Waals surface area contributed by atoms with E-state index in [9.17, 15) is 9.59 Å². The van der Waals surface area contributed by atoms with Gasteiger partial charge < -0.3 is 9.47 Å². The zero-order chi connectivity index (χ0) is 16.4. The largest absolute Gasteiger partial charge is 0.490 e. The second-order valence-electron chi connectivity index (χ2n) is 5.65. The third-order valence-corrected chi connectivity index (χ3v) is 3.94. The van der Waals surface area contributed by atoms with Gasteiger partial charge in [-0.15, -0.1) is 0 Å². The van der Waals surface area contributed by atoms with Crippen molar-refractivity contribution in [3.8, 4) is 0 Å². The first-order valence-corrected chi connectivity index (χ1v) is 8.27. The van der Waals surface area contributed by atoms with E-state index in [-0.39, 0.29) is 23.1 Å². The molecule has 0 aromatic carbocycles. The van der Waals surface area contributed by atoms with Gasteiger partial charge in [-0.1, -0.05) is 51.9 Å². The number of ether oxygens (including phenoxy) is 2. The van der Waals surface area contributed by atoms with E-state index in [2.05, 4.69) is 6.92 Å². The fourth-order valence-electron chi connectivity index (χ4n) is 2.66. The van der Waals surface area contributed by atoms with E-state index in [1.165, 1.54) is 58.8 Å². The Labute approximate surface area is 133 Å². The molecule has 1 aliphatic carbocycles. The van der Waals surface area contributed by atoms with Crippen molar-refractivity contribution in [1.29, 1.82) is 0 Å². The summed E-state index contributed by atoms with van der Waals surface area (Å²) in [7, 11) is 2.76. The average molecular weight is 308 g/mol. The van der Waals surface area contributed by atoms with Crippen LogP contribution in [0.25, 0.3) is 0 Å². The van der Waals surface area contributed by atoms with E-state index in [0.717, 1.165) is 12.8 Å². The molecule has 1 rings (SSSR count). The summed E-state index contributed by atoms with van der Waals surface area (Å²) in [6, 6.07) is 0. The number of carbonyl (C=O) groups excluding carboxylic acids is 2. The van der Waals surface area contributed by atoms with Crippen LogP contribution in [0.2, 0.25) is 0 Å². The highest BCUT2D eigenvalue weighted by Gasteiger charge is 2.30. The predicted molar refractivity (Wildman–Crippen MR) is 86.4 cm³/mol. The van der Waals surface area contributed by atoms with Crippen molar-refractivity contribution in [3.63, 3.8) is 0 Å². The highest BCUT2D eigenvalue weighted by atomic mass is 16.5. The summed E-state index contributed by atoms with van der Waals surface area (Å²) in [6.07, 6.45) is 11.7. The molecule has 4 heteroatoms. The molecule has 1 aliphatic rings. The van der Waals surface area contributed by atoms with Gasteiger partial charge in [0.25, 0.3) is 0 Å². The van der Waals surface area contributed by atoms with Crippen molar-refractivity contribution in [1.82, 2.24) is 0 Å². The first kappa shape index (κ1) is 18.5. The van der Waals surface area contributed by atoms with Crippen molar-refractivity contribution < 1.29 is 19.1 Å². The molecule has 4 nitrogen and oxygen atoms in total. The van der Waals surface area contributed by atoms with Gasteiger partial charge in [-0.05, 0) is 18.9 Å². The van der Waals surface area contributed by atoms with Gasteiger partial charge in [-0.25, -0.2) is 0 Å². The van der Waals surface area contributed by atoms with Crippen LogP contribution in [0, 0.1) is 0 Å². The van der Waals surface area contributed by atoms with Gasteiger partial charge in [0, 0.05) is 5.57 Å². The third kappa shape index (κ3) is 5.32. The lowest BCUT2D eigenvalue weighted by Crippen LogP contribution is -2.21. The molecule has 0 heterocycles. The second-order valence-corrected chi connectivity index (χ2v) is 5.65. The molecule has 0 aliphatic heterocycles. The molecular weight excluding hydrogens is 280 g/mol. The summed E-state index contributed by atoms with van der Waals surface area (Å²) < 4.78 is 9.99. The highest BCUT2D eigenvalue weighted by Crippen LogP contribution is 2.24. The van der Waals surface area contributed by atoms with E-state index < -0.39 is 0 Å². The molecule has 0 saturated carbocycles. The number of hydrogen-bond acceptors (Lipinski definition) is 4. The first-order chi connectivity index (χ1) is 10.7. The van der Waals surface area contributed by atoms with Crippen molar-refractivity contribution in [2.75, 3.05) is 14.2 Å². The molecule has 0 saturated heterocycles. The Balaban J connectivity index is 2.35. The van der Waals surface area contributed by atoms with Gasteiger partial charge >= 0.3 is 0 Å². The minimum Gasteiger partial charge on any atom is -0.490 e. The lowest BCUT2D eigenvalue weighted by molar-refractivity contribution is -0.120. The van der Waals surface area contributed by atoms with Crippen molar-refractivity contribution in [2.24, 2.45) is 0 Å². The number of hydrogen-bond donors (Lipinski definition) is 0. The fraction of sp³-hybridized carbons (Fsp3) is 0.667. The standard InChI is InChI=1S/C18H28O4/c1-4-5-6-7-8-9-10-11-12-14-13-15(19)17(21-2)18(22-3)16(14)20/h13H,4-12H2,1-3H3. The lowest BCUT2D eigenvalue weighted by atomic mass is 9.95. The normalized spacial score (nSPS) is 15.1. The second kappa shape index (κ2) is 10.2. The molecule has 0 aromatic heterocycles. The van der Waals surface area contributed by atoms with Crippen LogP contribution in [-0.4, -0.2) is 25.8 Å². The third-order valence-electron chi connectivity index (χ3n) is 3.94. The molecule has 0 fully saturated rings. The smallest absolute Gasteiger partial charge is 0.227 e. The van der Waals surface area contributed by atoms with E-state index in [0.29, 0.717) is 12.0 Å². The van der Waals surface area contributed by atoms with E-state index in [1.807, 2.05) is 0 Å². The van der Waals surface area contributed by atoms with Crippen molar-refractivity contribution in [2.45, 2.75) is 64.7 Å². The monoisotopic (exact) mass is 308 g/mol. The Morgan fingerprint density at radius 2 is 1.36 bits per heavy atom. The van der Waals surface area contributed by atoms with Crippen LogP contribution in [0.15, 0.2) is 23.2 Å². The summed E-state index contributed by atoms with van der Waals surface area (Å²) in [6.45, 7) is 2.22. The summed E-state index contributed by atoms with van der Waals surface area (Å²) in [5.74, 6) is -0.466. The van der Waals surface area contributed by atoms with E-state index in [1.54, 1.807) is 0 Å². The molecule has 22 heavy (non-hydrogen) atoms. The van der Waals surface area contributed by atoms with Crippen LogP contribution in [0.3, 0.4) is 0 Å². The zero-order valence-corrected chi connectivity index (χ0v) is 14.1. The first-order valence-electron chi connectivity index (χ1n) is 8.27. The minimum atomic E-state index is -0.284. The maximum Gasteiger partial charge on any atom is 0.227 e. The molecule has 0 radical (unpaired) electrons. The molecule has 0 spiro atoms. The Morgan fingerprint density at radius 3 is 1.91 bits per heavy atom. The quantitative estimate of drug-likeness (QED) is 0.426. The summed E-state index contributed by atoms with van der Waals surface area (Å²) >= 11 is 0. The summed E-state index contributed by atoms with van der Waals surface area (Å²) in [4.78, 5) is 24.1. The number of Topliss-reactive ketones (excluding diaryl/α,β-unsaturated/α-hetero) is 1. The topological polar surface area (TPSA) is 52.6 Å². The number of allylic oxidation sites excluding steroid dienone is 2. The lowest BCUT2D eigenvalue weighted by Gasteiger charge is -2.16. The number of rotatable bonds is 11. The van der Waals surface area contributed by atoms with Gasteiger partial charge in [0.1, 0.15) is 0 Å². The Kier molecular flexibility index (Phi) is 8.56. The maximum atomic E-state index is 12.2. The van der Waals surface area contributed by atoms with Crippen molar-refractivity contribution >= 4 is 11.6 Å². The molecule has 0 unspecified atom stereocenters. The van der Waals surface area contributed by atoms with Gasteiger partial charge in [-0.2, -0.15) is 0 Å². The van der Waals surface area contributed by atoms with Crippen LogP contribution in [0.4, 0.5) is 0 Å². The molecule has 0 N–H and O–H groups in total. The van der Waals surface area contributed by atoms with Crippen LogP contribution in [-0.2, 0) is 19.1 Å². The average Bonchev–Trinajstić information content (AvgIpc) is 2.52. The summed E-state index contributed by atoms with van der Waals surface area (Å²) in [5, 5.41) is 0. The minimum absolute atomic E-state index is 0.00664. The number of methoxy groups -OCH3 is 2. The zero-order valence-electron chi connectivity index (χ0n) is 14.1. The SMILES string of the molecule is CCCCCCCCCCC1=CC(=O)C(OC)=C(OC)C1=O. The number of carbonyl (C=O) groups is 2. The van der Waals surface area contributed by atoms with Gasteiger partial charge in [0.05, 0.1) is 14.2 Å². The Hall–Kier alpha value is -1.58. The van der Waals surface area contributed by atoms with Crippen molar-refractivity contribution in [3.05, 3.63) is 23.2 Å². The van der Waals surface area contributed by atoms with Gasteiger partial charge in [0.15, 0.2) is 0 Å². The van der Waals surface area contributed by atoms with Crippen LogP contribution < -0.4 is 0 Å². The van der Waals surface area contributed by atoms with Gasteiger partial charge in [-0.3, -0.25) is 9.59 Å². The fourth-order valence-corrected chi connectivity index (χ4v) is 2.66. The summed E-state index contributed by atoms with van der Waals surface area (Å²) in [5.41, 5.74) is 0.536.